The summed E-state index contributed by atoms with van der Waals surface area (Å²) in [6, 6.07) is 12.2. The average Bonchev–Trinajstić information content (AvgIpc) is 3.17. The Morgan fingerprint density at radius 1 is 0.818 bits per heavy atom. The van der Waals surface area contributed by atoms with E-state index in [9.17, 15) is 0 Å². The summed E-state index contributed by atoms with van der Waals surface area (Å²) in [6.07, 6.45) is 4.06. The number of para-hydroxylation sites is 1. The maximum Gasteiger partial charge on any atom is 0.146 e. The van der Waals surface area contributed by atoms with Crippen molar-refractivity contribution in [2.75, 3.05) is 14.2 Å². The predicted molar refractivity (Wildman–Crippen MR) is 88.7 cm³/mol. The maximum atomic E-state index is 5.47. The van der Waals surface area contributed by atoms with Crippen LogP contribution in [0.2, 0.25) is 0 Å². The molecule has 0 aliphatic carbocycles. The van der Waals surface area contributed by atoms with E-state index in [1.807, 2.05) is 30.6 Å². The van der Waals surface area contributed by atoms with E-state index in [0.29, 0.717) is 0 Å². The fourth-order valence-electron chi connectivity index (χ4n) is 2.97. The molecule has 22 heavy (non-hydrogen) atoms. The summed E-state index contributed by atoms with van der Waals surface area (Å²) in [5, 5.41) is 2.28. The SMILES string of the molecule is COc1cc(OC)c2[nH]cc(-c3c[nH]c4ccccc34)c2c1. The van der Waals surface area contributed by atoms with Crippen molar-refractivity contribution in [3.8, 4) is 22.6 Å². The van der Waals surface area contributed by atoms with E-state index in [1.165, 1.54) is 5.39 Å². The highest BCUT2D eigenvalue weighted by atomic mass is 16.5. The second-order valence-electron chi connectivity index (χ2n) is 5.20. The number of nitrogens with one attached hydrogen (secondary N) is 2. The minimum atomic E-state index is 0.778. The van der Waals surface area contributed by atoms with Crippen molar-refractivity contribution >= 4 is 21.8 Å². The lowest BCUT2D eigenvalue weighted by molar-refractivity contribution is 0.397. The number of H-pyrrole nitrogens is 2. The molecule has 110 valence electrons. The molecular weight excluding hydrogens is 276 g/mol. The summed E-state index contributed by atoms with van der Waals surface area (Å²) in [7, 11) is 3.33. The Hall–Kier alpha value is -2.88. The molecule has 2 aromatic carbocycles. The largest absolute Gasteiger partial charge is 0.497 e. The molecule has 0 unspecified atom stereocenters. The maximum absolute atomic E-state index is 5.47. The lowest BCUT2D eigenvalue weighted by Crippen LogP contribution is -1.88. The van der Waals surface area contributed by atoms with E-state index in [2.05, 4.69) is 28.2 Å². The minimum absolute atomic E-state index is 0.778. The molecule has 0 aliphatic rings. The van der Waals surface area contributed by atoms with Crippen LogP contribution in [0, 0.1) is 0 Å². The molecule has 4 aromatic rings. The molecule has 2 heterocycles. The molecule has 0 spiro atoms. The molecule has 0 radical (unpaired) electrons. The summed E-state index contributed by atoms with van der Waals surface area (Å²) in [5.41, 5.74) is 4.40. The predicted octanol–water partition coefficient (Wildman–Crippen LogP) is 4.33. The van der Waals surface area contributed by atoms with Crippen molar-refractivity contribution in [3.05, 3.63) is 48.8 Å². The Bertz CT molecular complexity index is 966. The number of fused-ring (bicyclic) bond motifs is 2. The van der Waals surface area contributed by atoms with Crippen LogP contribution >= 0.6 is 0 Å². The molecular formula is C18H16N2O2. The molecule has 0 fully saturated rings. The van der Waals surface area contributed by atoms with Crippen LogP contribution < -0.4 is 9.47 Å². The van der Waals surface area contributed by atoms with Crippen LogP contribution in [-0.4, -0.2) is 24.2 Å². The first-order valence-electron chi connectivity index (χ1n) is 7.11. The number of methoxy groups -OCH3 is 2. The smallest absolute Gasteiger partial charge is 0.146 e. The highest BCUT2D eigenvalue weighted by Gasteiger charge is 2.14. The molecule has 2 N–H and O–H groups in total. The molecule has 0 saturated carbocycles. The van der Waals surface area contributed by atoms with Gasteiger partial charge in [0.05, 0.1) is 19.7 Å². The van der Waals surface area contributed by atoms with E-state index >= 15 is 0 Å². The first-order chi connectivity index (χ1) is 10.8. The van der Waals surface area contributed by atoms with Crippen LogP contribution in [0.1, 0.15) is 0 Å². The molecule has 4 rings (SSSR count). The molecule has 0 bridgehead atoms. The Labute approximate surface area is 127 Å². The number of hydrogen-bond donors (Lipinski definition) is 2. The van der Waals surface area contributed by atoms with Crippen molar-refractivity contribution in [3.63, 3.8) is 0 Å². The minimum Gasteiger partial charge on any atom is -0.497 e. The van der Waals surface area contributed by atoms with Crippen LogP contribution in [0.5, 0.6) is 11.5 Å². The molecule has 0 amide bonds. The zero-order valence-corrected chi connectivity index (χ0v) is 12.4. The first kappa shape index (κ1) is 12.8. The van der Waals surface area contributed by atoms with Gasteiger partial charge in [0, 0.05) is 45.9 Å². The Balaban J connectivity index is 2.03. The third-order valence-corrected chi connectivity index (χ3v) is 4.06. The summed E-state index contributed by atoms with van der Waals surface area (Å²) in [6.45, 7) is 0. The lowest BCUT2D eigenvalue weighted by atomic mass is 10.0. The summed E-state index contributed by atoms with van der Waals surface area (Å²) < 4.78 is 10.9. The van der Waals surface area contributed by atoms with E-state index in [-0.39, 0.29) is 0 Å². The van der Waals surface area contributed by atoms with E-state index in [0.717, 1.165) is 39.0 Å². The first-order valence-corrected chi connectivity index (χ1v) is 7.11. The quantitative estimate of drug-likeness (QED) is 0.590. The van der Waals surface area contributed by atoms with Crippen LogP contribution in [0.15, 0.2) is 48.8 Å². The standard InChI is InChI=1S/C18H16N2O2/c1-21-11-7-13-15(10-20-18(13)17(8-11)22-2)14-9-19-16-6-4-3-5-12(14)16/h3-10,19-20H,1-2H3. The zero-order chi connectivity index (χ0) is 15.1. The van der Waals surface area contributed by atoms with Crippen molar-refractivity contribution in [1.82, 2.24) is 9.97 Å². The molecule has 2 aromatic heterocycles. The molecule has 4 heteroatoms. The van der Waals surface area contributed by atoms with Crippen molar-refractivity contribution in [2.24, 2.45) is 0 Å². The van der Waals surface area contributed by atoms with E-state index < -0.39 is 0 Å². The van der Waals surface area contributed by atoms with Gasteiger partial charge in [0.1, 0.15) is 11.5 Å². The second kappa shape index (κ2) is 4.84. The fraction of sp³-hybridized carbons (Fsp3) is 0.111. The normalized spacial score (nSPS) is 11.2. The lowest BCUT2D eigenvalue weighted by Gasteiger charge is -2.06. The van der Waals surface area contributed by atoms with Gasteiger partial charge in [-0.1, -0.05) is 18.2 Å². The number of benzene rings is 2. The third-order valence-electron chi connectivity index (χ3n) is 4.06. The number of aromatic nitrogens is 2. The summed E-state index contributed by atoms with van der Waals surface area (Å²) >= 11 is 0. The fourth-order valence-corrected chi connectivity index (χ4v) is 2.97. The van der Waals surface area contributed by atoms with Crippen LogP contribution in [-0.2, 0) is 0 Å². The zero-order valence-electron chi connectivity index (χ0n) is 12.4. The number of hydrogen-bond acceptors (Lipinski definition) is 2. The van der Waals surface area contributed by atoms with Gasteiger partial charge in [-0.15, -0.1) is 0 Å². The number of ether oxygens (including phenoxy) is 2. The van der Waals surface area contributed by atoms with Gasteiger partial charge < -0.3 is 19.4 Å². The Kier molecular flexibility index (Phi) is 2.82. The third kappa shape index (κ3) is 1.77. The number of rotatable bonds is 3. The molecule has 0 aliphatic heterocycles. The van der Waals surface area contributed by atoms with Gasteiger partial charge in [0.15, 0.2) is 0 Å². The molecule has 4 nitrogen and oxygen atoms in total. The van der Waals surface area contributed by atoms with Crippen molar-refractivity contribution in [2.45, 2.75) is 0 Å². The monoisotopic (exact) mass is 292 g/mol. The van der Waals surface area contributed by atoms with Crippen LogP contribution in [0.3, 0.4) is 0 Å². The van der Waals surface area contributed by atoms with Gasteiger partial charge >= 0.3 is 0 Å². The summed E-state index contributed by atoms with van der Waals surface area (Å²) in [5.74, 6) is 1.56. The molecule has 0 saturated heterocycles. The summed E-state index contributed by atoms with van der Waals surface area (Å²) in [4.78, 5) is 6.64. The number of aromatic amines is 2. The van der Waals surface area contributed by atoms with Gasteiger partial charge in [0.25, 0.3) is 0 Å². The van der Waals surface area contributed by atoms with Crippen molar-refractivity contribution < 1.29 is 9.47 Å². The molecule has 0 atom stereocenters. The second-order valence-corrected chi connectivity index (χ2v) is 5.20. The Morgan fingerprint density at radius 2 is 1.59 bits per heavy atom. The highest BCUT2D eigenvalue weighted by molar-refractivity contribution is 6.06. The van der Waals surface area contributed by atoms with Gasteiger partial charge in [-0.3, -0.25) is 0 Å². The Morgan fingerprint density at radius 3 is 2.41 bits per heavy atom. The van der Waals surface area contributed by atoms with Gasteiger partial charge in [-0.05, 0) is 12.1 Å². The average molecular weight is 292 g/mol. The van der Waals surface area contributed by atoms with Crippen LogP contribution in [0.25, 0.3) is 32.9 Å². The van der Waals surface area contributed by atoms with Crippen LogP contribution in [0.4, 0.5) is 0 Å². The van der Waals surface area contributed by atoms with E-state index in [1.54, 1.807) is 14.2 Å². The topological polar surface area (TPSA) is 50.0 Å². The van der Waals surface area contributed by atoms with Gasteiger partial charge in [0.2, 0.25) is 0 Å². The highest BCUT2D eigenvalue weighted by Crippen LogP contribution is 2.39. The van der Waals surface area contributed by atoms with Gasteiger partial charge in [-0.25, -0.2) is 0 Å². The van der Waals surface area contributed by atoms with Gasteiger partial charge in [-0.2, -0.15) is 0 Å². The van der Waals surface area contributed by atoms with Crippen molar-refractivity contribution in [1.29, 1.82) is 0 Å². The van der Waals surface area contributed by atoms with E-state index in [4.69, 9.17) is 9.47 Å².